The van der Waals surface area contributed by atoms with E-state index in [2.05, 4.69) is 25.6 Å². The maximum atomic E-state index is 9.35. The van der Waals surface area contributed by atoms with Crippen molar-refractivity contribution in [2.24, 2.45) is 5.41 Å². The second kappa shape index (κ2) is 2.47. The van der Waals surface area contributed by atoms with E-state index in [1.54, 1.807) is 0 Å². The Kier molecular flexibility index (Phi) is 1.96. The molecule has 1 aliphatic rings. The Balaban J connectivity index is 2.85. The number of hydrogen-bond donors (Lipinski definition) is 1. The summed E-state index contributed by atoms with van der Waals surface area (Å²) < 4.78 is 0. The molecule has 1 unspecified atom stereocenters. The second-order valence-electron chi connectivity index (χ2n) is 3.50. The Labute approximate surface area is 68.5 Å². The van der Waals surface area contributed by atoms with Crippen LogP contribution < -0.4 is 0 Å². The van der Waals surface area contributed by atoms with Gasteiger partial charge in [0.05, 0.1) is 0 Å². The first-order valence-corrected chi connectivity index (χ1v) is 5.80. The zero-order valence-corrected chi connectivity index (χ0v) is 8.70. The molecule has 1 atom stereocenters. The molecule has 0 saturated heterocycles. The van der Waals surface area contributed by atoms with Crippen molar-refractivity contribution in [3.05, 3.63) is 21.1 Å². The summed E-state index contributed by atoms with van der Waals surface area (Å²) in [7, 11) is 0. The van der Waals surface area contributed by atoms with Crippen LogP contribution in [0.1, 0.15) is 20.8 Å². The predicted octanol–water partition coefficient (Wildman–Crippen LogP) is 1.77. The van der Waals surface area contributed by atoms with Crippen LogP contribution in [-0.2, 0) is 0 Å². The molecule has 0 radical (unpaired) electrons. The summed E-state index contributed by atoms with van der Waals surface area (Å²) in [6, 6.07) is 0. The second-order valence-corrected chi connectivity index (χ2v) is 5.41. The van der Waals surface area contributed by atoms with Crippen LogP contribution in [0.5, 0.6) is 0 Å². The molecule has 0 fully saturated rings. The van der Waals surface area contributed by atoms with E-state index >= 15 is 0 Å². The SMILES string of the molecule is CC(C)(C)C1=C[AsH]C=C1O. The Hall–Kier alpha value is -0.162. The van der Waals surface area contributed by atoms with Gasteiger partial charge < -0.3 is 0 Å². The molecule has 1 aliphatic heterocycles. The minimum atomic E-state index is -0.0963. The molecule has 0 amide bonds. The molecule has 0 aromatic carbocycles. The topological polar surface area (TPSA) is 20.2 Å². The average Bonchev–Trinajstić information content (AvgIpc) is 2.11. The van der Waals surface area contributed by atoms with Crippen LogP contribution in [-0.4, -0.2) is 20.9 Å². The van der Waals surface area contributed by atoms with Gasteiger partial charge in [0, 0.05) is 0 Å². The summed E-state index contributed by atoms with van der Waals surface area (Å²) >= 11 is -0.0963. The van der Waals surface area contributed by atoms with Crippen molar-refractivity contribution in [3.63, 3.8) is 0 Å². The van der Waals surface area contributed by atoms with Gasteiger partial charge in [-0.25, -0.2) is 0 Å². The number of aliphatic hydroxyl groups excluding tert-OH is 1. The Morgan fingerprint density at radius 3 is 2.10 bits per heavy atom. The van der Waals surface area contributed by atoms with Crippen molar-refractivity contribution < 1.29 is 5.11 Å². The first-order chi connectivity index (χ1) is 4.52. The maximum absolute atomic E-state index is 9.35. The van der Waals surface area contributed by atoms with Gasteiger partial charge in [0.15, 0.2) is 0 Å². The summed E-state index contributed by atoms with van der Waals surface area (Å²) in [6.45, 7) is 6.38. The standard InChI is InChI=1S/C8H13AsO/c1-8(2,3)6-4-9-5-7(6)10/h4-5,9-10H,1-3H3. The molecule has 0 bridgehead atoms. The van der Waals surface area contributed by atoms with Crippen molar-refractivity contribution >= 4 is 15.8 Å². The molecule has 0 aliphatic carbocycles. The summed E-state index contributed by atoms with van der Waals surface area (Å²) in [4.78, 5) is 4.18. The van der Waals surface area contributed by atoms with E-state index in [4.69, 9.17) is 0 Å². The van der Waals surface area contributed by atoms with Crippen LogP contribution in [0.3, 0.4) is 0 Å². The fourth-order valence-corrected chi connectivity index (χ4v) is 3.36. The van der Waals surface area contributed by atoms with Gasteiger partial charge >= 0.3 is 68.1 Å². The minimum absolute atomic E-state index is 0.0963. The quantitative estimate of drug-likeness (QED) is 0.591. The number of aliphatic hydroxyl groups is 1. The first kappa shape index (κ1) is 7.94. The van der Waals surface area contributed by atoms with Crippen LogP contribution in [0, 0.1) is 5.41 Å². The molecular formula is C8H13AsO. The molecule has 10 heavy (non-hydrogen) atoms. The average molecular weight is 200 g/mol. The van der Waals surface area contributed by atoms with Gasteiger partial charge in [0.1, 0.15) is 0 Å². The van der Waals surface area contributed by atoms with E-state index < -0.39 is 0 Å². The molecular weight excluding hydrogens is 187 g/mol. The number of allylic oxidation sites excluding steroid dienone is 1. The predicted molar refractivity (Wildman–Crippen MR) is 45.4 cm³/mol. The van der Waals surface area contributed by atoms with E-state index in [1.165, 1.54) is 0 Å². The number of hydrogen-bond acceptors (Lipinski definition) is 1. The molecule has 0 aromatic heterocycles. The molecule has 0 aromatic rings. The van der Waals surface area contributed by atoms with Gasteiger partial charge in [-0.15, -0.1) is 0 Å². The normalized spacial score (nSPS) is 21.1. The number of rotatable bonds is 0. The Morgan fingerprint density at radius 2 is 1.90 bits per heavy atom. The third-order valence-electron chi connectivity index (χ3n) is 1.53. The molecule has 0 saturated carbocycles. The summed E-state index contributed by atoms with van der Waals surface area (Å²) in [5.74, 6) is 0.521. The van der Waals surface area contributed by atoms with Gasteiger partial charge in [-0.1, -0.05) is 0 Å². The van der Waals surface area contributed by atoms with Crippen LogP contribution in [0.4, 0.5) is 0 Å². The van der Waals surface area contributed by atoms with Gasteiger partial charge in [0.25, 0.3) is 0 Å². The van der Waals surface area contributed by atoms with Crippen LogP contribution in [0.15, 0.2) is 21.1 Å². The molecule has 1 rings (SSSR count). The van der Waals surface area contributed by atoms with Gasteiger partial charge in [-0.3, -0.25) is 0 Å². The van der Waals surface area contributed by atoms with Crippen LogP contribution >= 0.6 is 0 Å². The van der Waals surface area contributed by atoms with Gasteiger partial charge in [0.2, 0.25) is 0 Å². The summed E-state index contributed by atoms with van der Waals surface area (Å²) in [5.41, 5.74) is 1.26. The van der Waals surface area contributed by atoms with Crippen LogP contribution in [0.25, 0.3) is 0 Å². The van der Waals surface area contributed by atoms with E-state index in [-0.39, 0.29) is 21.2 Å². The fourth-order valence-electron chi connectivity index (χ4n) is 0.956. The molecule has 2 heteroatoms. The summed E-state index contributed by atoms with van der Waals surface area (Å²) in [6.07, 6.45) is 0. The van der Waals surface area contributed by atoms with E-state index in [0.29, 0.717) is 5.76 Å². The monoisotopic (exact) mass is 200 g/mol. The van der Waals surface area contributed by atoms with Crippen molar-refractivity contribution in [1.82, 2.24) is 0 Å². The van der Waals surface area contributed by atoms with E-state index in [0.717, 1.165) is 5.57 Å². The van der Waals surface area contributed by atoms with E-state index in [9.17, 15) is 5.11 Å². The first-order valence-electron chi connectivity index (χ1n) is 3.38. The molecule has 1 nitrogen and oxygen atoms in total. The van der Waals surface area contributed by atoms with Crippen molar-refractivity contribution in [2.75, 3.05) is 0 Å². The molecule has 0 spiro atoms. The zero-order chi connectivity index (χ0) is 7.78. The fraction of sp³-hybridized carbons (Fsp3) is 0.500. The van der Waals surface area contributed by atoms with Gasteiger partial charge in [-0.05, 0) is 0 Å². The van der Waals surface area contributed by atoms with Crippen LogP contribution in [0.2, 0.25) is 0 Å². The third-order valence-corrected chi connectivity index (χ3v) is 3.41. The van der Waals surface area contributed by atoms with Crippen molar-refractivity contribution in [1.29, 1.82) is 0 Å². The Morgan fingerprint density at radius 1 is 1.30 bits per heavy atom. The summed E-state index contributed by atoms with van der Waals surface area (Å²) in [5, 5.41) is 9.35. The van der Waals surface area contributed by atoms with Crippen molar-refractivity contribution in [3.8, 4) is 0 Å². The van der Waals surface area contributed by atoms with Crippen molar-refractivity contribution in [2.45, 2.75) is 20.8 Å². The zero-order valence-electron chi connectivity index (χ0n) is 6.60. The molecule has 1 N–H and O–H groups in total. The molecule has 1 heterocycles. The third kappa shape index (κ3) is 1.46. The molecule has 56 valence electrons. The van der Waals surface area contributed by atoms with E-state index in [1.807, 2.05) is 4.86 Å². The van der Waals surface area contributed by atoms with Gasteiger partial charge in [-0.2, -0.15) is 0 Å². The Bertz CT molecular complexity index is 196.